The summed E-state index contributed by atoms with van der Waals surface area (Å²) in [5, 5.41) is 4.16. The zero-order valence-corrected chi connectivity index (χ0v) is 20.5. The highest BCUT2D eigenvalue weighted by molar-refractivity contribution is 6.30. The van der Waals surface area contributed by atoms with Gasteiger partial charge in [0, 0.05) is 16.9 Å². The van der Waals surface area contributed by atoms with Crippen molar-refractivity contribution in [2.45, 2.75) is 50.8 Å². The van der Waals surface area contributed by atoms with Gasteiger partial charge in [-0.25, -0.2) is 14.7 Å². The number of carbonyl (C=O) groups excluding carboxylic acids is 1. The van der Waals surface area contributed by atoms with Crippen LogP contribution in [-0.4, -0.2) is 55.5 Å². The van der Waals surface area contributed by atoms with Gasteiger partial charge in [0.25, 0.3) is 0 Å². The van der Waals surface area contributed by atoms with Crippen molar-refractivity contribution in [3.8, 4) is 5.69 Å². The number of anilines is 2. The Balaban J connectivity index is 1.28. The maximum absolute atomic E-state index is 12.9. The monoisotopic (exact) mass is 495 g/mol. The van der Waals surface area contributed by atoms with E-state index in [0.717, 1.165) is 24.2 Å². The van der Waals surface area contributed by atoms with Crippen LogP contribution in [0.15, 0.2) is 36.8 Å². The minimum Gasteiger partial charge on any atom is -0.435 e. The topological polar surface area (TPSA) is 107 Å². The van der Waals surface area contributed by atoms with Gasteiger partial charge in [-0.05, 0) is 49.9 Å². The molecule has 1 aromatic carbocycles. The summed E-state index contributed by atoms with van der Waals surface area (Å²) in [5.41, 5.74) is 0.863. The molecule has 11 heteroatoms. The Labute approximate surface area is 207 Å². The molecule has 1 N–H and O–H groups in total. The first-order chi connectivity index (χ1) is 16.8. The molecule has 1 unspecified atom stereocenters. The lowest BCUT2D eigenvalue weighted by atomic mass is 9.84. The number of halogens is 1. The number of ether oxygens (including phenoxy) is 2. The summed E-state index contributed by atoms with van der Waals surface area (Å²) in [7, 11) is 0. The second kappa shape index (κ2) is 7.89. The number of amides is 1. The molecule has 4 heterocycles. The molecular formula is C24H26ClN7O3. The Morgan fingerprint density at radius 2 is 1.89 bits per heavy atom. The minimum atomic E-state index is -0.647. The third-order valence-electron chi connectivity index (χ3n) is 6.88. The van der Waals surface area contributed by atoms with E-state index in [1.807, 2.05) is 35.0 Å². The highest BCUT2D eigenvalue weighted by Gasteiger charge is 2.61. The standard InChI is InChI=1S/C24H26ClN7O3/c1-14(2)19-24(11-34-12-24)35-22(33)32(19)21-28-15(3)27-20(29-21)30-23(8-9-23)18-10-31(13-26-18)17-6-4-16(25)5-7-17/h4-7,10,13-14,19H,8-9,11-12H2,1-3H3,(H,27,28,29,30). The third-order valence-corrected chi connectivity index (χ3v) is 7.13. The number of nitrogens with zero attached hydrogens (tertiary/aromatic N) is 6. The first kappa shape index (κ1) is 22.2. The summed E-state index contributed by atoms with van der Waals surface area (Å²) in [5.74, 6) is 1.34. The van der Waals surface area contributed by atoms with E-state index in [0.29, 0.717) is 30.0 Å². The van der Waals surface area contributed by atoms with Crippen molar-refractivity contribution in [2.24, 2.45) is 5.92 Å². The van der Waals surface area contributed by atoms with E-state index in [4.69, 9.17) is 21.1 Å². The molecule has 1 saturated carbocycles. The van der Waals surface area contributed by atoms with Crippen LogP contribution in [0, 0.1) is 12.8 Å². The Morgan fingerprint density at radius 3 is 2.51 bits per heavy atom. The normalized spacial score (nSPS) is 21.8. The number of hydrogen-bond donors (Lipinski definition) is 1. The number of aryl methyl sites for hydroxylation is 1. The molecule has 3 aliphatic rings. The van der Waals surface area contributed by atoms with Gasteiger partial charge >= 0.3 is 6.09 Å². The van der Waals surface area contributed by atoms with Crippen LogP contribution in [-0.2, 0) is 15.0 Å². The predicted octanol–water partition coefficient (Wildman–Crippen LogP) is 3.87. The van der Waals surface area contributed by atoms with Crippen molar-refractivity contribution >= 4 is 29.6 Å². The average molecular weight is 496 g/mol. The lowest BCUT2D eigenvalue weighted by Gasteiger charge is -2.42. The molecule has 0 radical (unpaired) electrons. The number of hydrogen-bond acceptors (Lipinski definition) is 8. The number of aromatic nitrogens is 5. The van der Waals surface area contributed by atoms with Gasteiger partial charge < -0.3 is 19.4 Å². The Morgan fingerprint density at radius 1 is 1.14 bits per heavy atom. The van der Waals surface area contributed by atoms with E-state index < -0.39 is 11.7 Å². The molecule has 2 aromatic heterocycles. The lowest BCUT2D eigenvalue weighted by molar-refractivity contribution is -0.174. The molecule has 2 aliphatic heterocycles. The molecule has 1 aliphatic carbocycles. The zero-order valence-electron chi connectivity index (χ0n) is 19.7. The van der Waals surface area contributed by atoms with Crippen molar-refractivity contribution in [1.29, 1.82) is 0 Å². The van der Waals surface area contributed by atoms with Crippen molar-refractivity contribution in [1.82, 2.24) is 24.5 Å². The quantitative estimate of drug-likeness (QED) is 0.549. The van der Waals surface area contributed by atoms with Gasteiger partial charge in [-0.3, -0.25) is 0 Å². The van der Waals surface area contributed by atoms with Gasteiger partial charge in [-0.15, -0.1) is 0 Å². The van der Waals surface area contributed by atoms with Crippen LogP contribution in [0.1, 0.15) is 38.2 Å². The summed E-state index contributed by atoms with van der Waals surface area (Å²) in [6.07, 6.45) is 5.13. The van der Waals surface area contributed by atoms with E-state index in [1.54, 1.807) is 18.2 Å². The van der Waals surface area contributed by atoms with E-state index in [9.17, 15) is 4.79 Å². The number of rotatable bonds is 6. The molecule has 2 saturated heterocycles. The number of benzene rings is 1. The molecule has 10 nitrogen and oxygen atoms in total. The number of carbonyl (C=O) groups is 1. The molecule has 3 aromatic rings. The first-order valence-electron chi connectivity index (χ1n) is 11.7. The molecule has 1 atom stereocenters. The van der Waals surface area contributed by atoms with Crippen molar-refractivity contribution in [3.05, 3.63) is 53.3 Å². The van der Waals surface area contributed by atoms with Gasteiger partial charge in [0.1, 0.15) is 5.82 Å². The SMILES string of the molecule is Cc1nc(NC2(c3cn(-c4ccc(Cl)cc4)cn3)CC2)nc(N2C(=O)OC3(COC3)C2C(C)C)n1. The smallest absolute Gasteiger partial charge is 0.417 e. The van der Waals surface area contributed by atoms with Gasteiger partial charge in [-0.2, -0.15) is 15.0 Å². The minimum absolute atomic E-state index is 0.130. The fourth-order valence-corrected chi connectivity index (χ4v) is 5.14. The molecular weight excluding hydrogens is 470 g/mol. The van der Waals surface area contributed by atoms with E-state index in [2.05, 4.69) is 39.1 Å². The summed E-state index contributed by atoms with van der Waals surface area (Å²) >= 11 is 6.02. The van der Waals surface area contributed by atoms with Crippen molar-refractivity contribution in [3.63, 3.8) is 0 Å². The Kier molecular flexibility index (Phi) is 5.01. The van der Waals surface area contributed by atoms with Gasteiger partial charge in [0.15, 0.2) is 5.60 Å². The van der Waals surface area contributed by atoms with Crippen LogP contribution in [0.25, 0.3) is 5.69 Å². The molecule has 35 heavy (non-hydrogen) atoms. The van der Waals surface area contributed by atoms with E-state index >= 15 is 0 Å². The fraction of sp³-hybridized carbons (Fsp3) is 0.458. The number of imidazole rings is 1. The zero-order chi connectivity index (χ0) is 24.4. The van der Waals surface area contributed by atoms with Crippen LogP contribution in [0.3, 0.4) is 0 Å². The van der Waals surface area contributed by atoms with Crippen LogP contribution in [0.2, 0.25) is 5.02 Å². The van der Waals surface area contributed by atoms with Crippen LogP contribution in [0.5, 0.6) is 0 Å². The Hall–Kier alpha value is -3.24. The Bertz CT molecular complexity index is 1280. The summed E-state index contributed by atoms with van der Waals surface area (Å²) in [4.78, 5) is 32.8. The number of nitrogens with one attached hydrogen (secondary N) is 1. The highest BCUT2D eigenvalue weighted by Crippen LogP contribution is 2.47. The fourth-order valence-electron chi connectivity index (χ4n) is 5.02. The van der Waals surface area contributed by atoms with E-state index in [-0.39, 0.29) is 23.4 Å². The lowest BCUT2D eigenvalue weighted by Crippen LogP contribution is -2.61. The molecule has 6 rings (SSSR count). The van der Waals surface area contributed by atoms with Crippen LogP contribution >= 0.6 is 11.6 Å². The van der Waals surface area contributed by atoms with Gasteiger partial charge in [0.2, 0.25) is 11.9 Å². The first-order valence-corrected chi connectivity index (χ1v) is 12.1. The van der Waals surface area contributed by atoms with Crippen molar-refractivity contribution < 1.29 is 14.3 Å². The maximum atomic E-state index is 12.9. The largest absolute Gasteiger partial charge is 0.435 e. The summed E-state index contributed by atoms with van der Waals surface area (Å²) < 4.78 is 13.1. The highest BCUT2D eigenvalue weighted by atomic mass is 35.5. The second-order valence-corrected chi connectivity index (χ2v) is 10.3. The van der Waals surface area contributed by atoms with Gasteiger partial charge in [-0.1, -0.05) is 25.4 Å². The molecule has 182 valence electrons. The summed E-state index contributed by atoms with van der Waals surface area (Å²) in [6, 6.07) is 7.38. The van der Waals surface area contributed by atoms with Crippen LogP contribution in [0.4, 0.5) is 16.7 Å². The van der Waals surface area contributed by atoms with Crippen LogP contribution < -0.4 is 10.2 Å². The second-order valence-electron chi connectivity index (χ2n) is 9.84. The average Bonchev–Trinajstić information content (AvgIpc) is 3.25. The van der Waals surface area contributed by atoms with E-state index in [1.165, 1.54) is 0 Å². The molecule has 1 spiro atoms. The summed E-state index contributed by atoms with van der Waals surface area (Å²) in [6.45, 7) is 6.67. The predicted molar refractivity (Wildman–Crippen MR) is 129 cm³/mol. The third kappa shape index (κ3) is 3.71. The van der Waals surface area contributed by atoms with Gasteiger partial charge in [0.05, 0.1) is 36.8 Å². The van der Waals surface area contributed by atoms with Crippen molar-refractivity contribution in [2.75, 3.05) is 23.4 Å². The molecule has 3 fully saturated rings. The maximum Gasteiger partial charge on any atom is 0.417 e. The molecule has 1 amide bonds. The molecule has 0 bridgehead atoms.